The maximum absolute atomic E-state index is 12.7. The number of likely N-dealkylation sites (tertiary alicyclic amines) is 1. The summed E-state index contributed by atoms with van der Waals surface area (Å²) in [6.45, 7) is 2.03. The van der Waals surface area contributed by atoms with Gasteiger partial charge in [-0.05, 0) is 49.0 Å². The number of hydrogen-bond donors (Lipinski definition) is 0. The molecule has 1 atom stereocenters. The first kappa shape index (κ1) is 17.7. The van der Waals surface area contributed by atoms with E-state index in [0.717, 1.165) is 31.5 Å². The molecule has 0 saturated carbocycles. The minimum absolute atomic E-state index is 0.0994. The van der Waals surface area contributed by atoms with Crippen molar-refractivity contribution in [2.45, 2.75) is 25.4 Å². The lowest BCUT2D eigenvalue weighted by Gasteiger charge is -2.27. The van der Waals surface area contributed by atoms with Gasteiger partial charge in [0.05, 0.1) is 22.6 Å². The van der Waals surface area contributed by atoms with Gasteiger partial charge in [-0.3, -0.25) is 9.69 Å². The smallest absolute Gasteiger partial charge is 0.237 e. The zero-order chi connectivity index (χ0) is 17.1. The van der Waals surface area contributed by atoms with Gasteiger partial charge in [0.1, 0.15) is 0 Å². The van der Waals surface area contributed by atoms with Crippen molar-refractivity contribution in [1.82, 2.24) is 9.80 Å². The summed E-state index contributed by atoms with van der Waals surface area (Å²) in [6.07, 6.45) is 1.99. The Labute approximate surface area is 156 Å². The summed E-state index contributed by atoms with van der Waals surface area (Å²) in [7, 11) is 1.99. The zero-order valence-corrected chi connectivity index (χ0v) is 15.9. The van der Waals surface area contributed by atoms with Gasteiger partial charge in [0, 0.05) is 18.0 Å². The highest BCUT2D eigenvalue weighted by atomic mass is 35.5. The second kappa shape index (κ2) is 7.87. The van der Waals surface area contributed by atoms with E-state index in [2.05, 4.69) is 16.3 Å². The summed E-state index contributed by atoms with van der Waals surface area (Å²) >= 11 is 13.9. The third-order valence-corrected chi connectivity index (χ3v) is 5.91. The fourth-order valence-electron chi connectivity index (χ4n) is 3.18. The summed E-state index contributed by atoms with van der Waals surface area (Å²) in [5.41, 5.74) is 1.07. The zero-order valence-electron chi connectivity index (χ0n) is 13.5. The van der Waals surface area contributed by atoms with E-state index < -0.39 is 0 Å². The Morgan fingerprint density at radius 3 is 2.88 bits per heavy atom. The van der Waals surface area contributed by atoms with Gasteiger partial charge in [-0.1, -0.05) is 35.3 Å². The lowest BCUT2D eigenvalue weighted by Crippen LogP contribution is -2.38. The summed E-state index contributed by atoms with van der Waals surface area (Å²) in [5.74, 6) is 0.169. The van der Waals surface area contributed by atoms with E-state index >= 15 is 0 Å². The monoisotopic (exact) mass is 382 g/mol. The molecule has 1 aromatic heterocycles. The fraction of sp³-hybridized carbons (Fsp3) is 0.389. The SMILES string of the molecule is CN(CC(=O)N1CCC[C@H]1c1ccc(Cl)c(Cl)c1)Cc1cccs1. The predicted octanol–water partition coefficient (Wildman–Crippen LogP) is 4.85. The summed E-state index contributed by atoms with van der Waals surface area (Å²) < 4.78 is 0. The van der Waals surface area contributed by atoms with E-state index in [1.54, 1.807) is 11.3 Å². The van der Waals surface area contributed by atoms with Crippen LogP contribution in [-0.2, 0) is 11.3 Å². The van der Waals surface area contributed by atoms with Gasteiger partial charge in [0.15, 0.2) is 0 Å². The van der Waals surface area contributed by atoms with Crippen LogP contribution in [0.2, 0.25) is 10.0 Å². The van der Waals surface area contributed by atoms with E-state index in [0.29, 0.717) is 16.6 Å². The summed E-state index contributed by atoms with van der Waals surface area (Å²) in [4.78, 5) is 18.1. The molecular formula is C18H20Cl2N2OS. The van der Waals surface area contributed by atoms with E-state index in [4.69, 9.17) is 23.2 Å². The third kappa shape index (κ3) is 4.12. The highest BCUT2D eigenvalue weighted by Crippen LogP contribution is 2.35. The van der Waals surface area contributed by atoms with Crippen molar-refractivity contribution < 1.29 is 4.79 Å². The lowest BCUT2D eigenvalue weighted by molar-refractivity contribution is -0.133. The number of thiophene rings is 1. The Hall–Kier alpha value is -1.07. The second-order valence-electron chi connectivity index (χ2n) is 6.17. The Morgan fingerprint density at radius 2 is 2.17 bits per heavy atom. The van der Waals surface area contributed by atoms with Gasteiger partial charge in [0.25, 0.3) is 0 Å². The molecule has 1 saturated heterocycles. The van der Waals surface area contributed by atoms with Crippen molar-refractivity contribution in [3.8, 4) is 0 Å². The first-order valence-corrected chi connectivity index (χ1v) is 9.63. The first-order chi connectivity index (χ1) is 11.5. The Bertz CT molecular complexity index is 705. The van der Waals surface area contributed by atoms with Crippen LogP contribution in [0.25, 0.3) is 0 Å². The molecule has 0 bridgehead atoms. The lowest BCUT2D eigenvalue weighted by atomic mass is 10.0. The molecule has 0 N–H and O–H groups in total. The molecule has 1 fully saturated rings. The molecular weight excluding hydrogens is 363 g/mol. The van der Waals surface area contributed by atoms with Crippen molar-refractivity contribution in [2.24, 2.45) is 0 Å². The van der Waals surface area contributed by atoms with Gasteiger partial charge >= 0.3 is 0 Å². The summed E-state index contributed by atoms with van der Waals surface area (Å²) in [5, 5.41) is 3.15. The molecule has 0 aliphatic carbocycles. The fourth-order valence-corrected chi connectivity index (χ4v) is 4.27. The van der Waals surface area contributed by atoms with Crippen molar-refractivity contribution in [2.75, 3.05) is 20.1 Å². The van der Waals surface area contributed by atoms with Crippen LogP contribution in [0.4, 0.5) is 0 Å². The molecule has 0 spiro atoms. The number of halogens is 2. The van der Waals surface area contributed by atoms with Gasteiger partial charge in [-0.15, -0.1) is 11.3 Å². The molecule has 1 aliphatic heterocycles. The van der Waals surface area contributed by atoms with Crippen LogP contribution >= 0.6 is 34.5 Å². The summed E-state index contributed by atoms with van der Waals surface area (Å²) in [6, 6.07) is 9.90. The van der Waals surface area contributed by atoms with Crippen LogP contribution in [0.3, 0.4) is 0 Å². The number of carbonyl (C=O) groups is 1. The third-order valence-electron chi connectivity index (χ3n) is 4.31. The number of nitrogens with zero attached hydrogens (tertiary/aromatic N) is 2. The molecule has 0 unspecified atom stereocenters. The van der Waals surface area contributed by atoms with E-state index in [1.807, 2.05) is 36.2 Å². The van der Waals surface area contributed by atoms with Crippen molar-refractivity contribution >= 4 is 40.4 Å². The van der Waals surface area contributed by atoms with Crippen molar-refractivity contribution in [3.05, 3.63) is 56.2 Å². The number of amides is 1. The van der Waals surface area contributed by atoms with Crippen molar-refractivity contribution in [3.63, 3.8) is 0 Å². The number of carbonyl (C=O) groups excluding carboxylic acids is 1. The molecule has 128 valence electrons. The van der Waals surface area contributed by atoms with E-state index in [9.17, 15) is 4.79 Å². The molecule has 6 heteroatoms. The van der Waals surface area contributed by atoms with Gasteiger partial charge in [0.2, 0.25) is 5.91 Å². The first-order valence-electron chi connectivity index (χ1n) is 8.00. The minimum Gasteiger partial charge on any atom is -0.335 e. The molecule has 1 amide bonds. The van der Waals surface area contributed by atoms with Gasteiger partial charge in [-0.25, -0.2) is 0 Å². The van der Waals surface area contributed by atoms with Crippen LogP contribution in [0.1, 0.15) is 29.3 Å². The molecule has 1 aromatic carbocycles. The molecule has 3 rings (SSSR count). The normalized spacial score (nSPS) is 17.7. The van der Waals surface area contributed by atoms with E-state index in [-0.39, 0.29) is 11.9 Å². The minimum atomic E-state index is 0.0994. The van der Waals surface area contributed by atoms with Crippen LogP contribution < -0.4 is 0 Å². The van der Waals surface area contributed by atoms with Crippen LogP contribution in [0, 0.1) is 0 Å². The Balaban J connectivity index is 1.65. The molecule has 3 nitrogen and oxygen atoms in total. The second-order valence-corrected chi connectivity index (χ2v) is 8.02. The number of benzene rings is 1. The largest absolute Gasteiger partial charge is 0.335 e. The number of hydrogen-bond acceptors (Lipinski definition) is 3. The predicted molar refractivity (Wildman–Crippen MR) is 101 cm³/mol. The van der Waals surface area contributed by atoms with Crippen LogP contribution in [0.5, 0.6) is 0 Å². The highest BCUT2D eigenvalue weighted by molar-refractivity contribution is 7.09. The molecule has 2 heterocycles. The highest BCUT2D eigenvalue weighted by Gasteiger charge is 2.30. The molecule has 2 aromatic rings. The maximum Gasteiger partial charge on any atom is 0.237 e. The Kier molecular flexibility index (Phi) is 5.82. The van der Waals surface area contributed by atoms with Crippen molar-refractivity contribution in [1.29, 1.82) is 0 Å². The number of rotatable bonds is 5. The van der Waals surface area contributed by atoms with Crippen LogP contribution in [0.15, 0.2) is 35.7 Å². The van der Waals surface area contributed by atoms with Crippen LogP contribution in [-0.4, -0.2) is 35.8 Å². The van der Waals surface area contributed by atoms with E-state index in [1.165, 1.54) is 4.88 Å². The quantitative estimate of drug-likeness (QED) is 0.737. The molecule has 0 radical (unpaired) electrons. The number of likely N-dealkylation sites (N-methyl/N-ethyl adjacent to an activating group) is 1. The average Bonchev–Trinajstić information content (AvgIpc) is 3.21. The standard InChI is InChI=1S/C18H20Cl2N2OS/c1-21(11-14-4-3-9-24-14)12-18(23)22-8-2-5-17(22)13-6-7-15(19)16(20)10-13/h3-4,6-7,9-10,17H,2,5,8,11-12H2,1H3/t17-/m0/s1. The molecule has 24 heavy (non-hydrogen) atoms. The van der Waals surface area contributed by atoms with Gasteiger partial charge < -0.3 is 4.90 Å². The molecule has 1 aliphatic rings. The Morgan fingerprint density at radius 1 is 1.33 bits per heavy atom. The van der Waals surface area contributed by atoms with Gasteiger partial charge in [-0.2, -0.15) is 0 Å². The average molecular weight is 383 g/mol. The maximum atomic E-state index is 12.7. The topological polar surface area (TPSA) is 23.6 Å².